The minimum Gasteiger partial charge on any atom is -0.480 e. The zero-order valence-electron chi connectivity index (χ0n) is 13.2. The number of carbonyl (C=O) groups is 2. The summed E-state index contributed by atoms with van der Waals surface area (Å²) in [4.78, 5) is 34.1. The number of carbonyl (C=O) groups excluding carboxylic acids is 1. The Morgan fingerprint density at radius 1 is 1.12 bits per heavy atom. The SMILES string of the molecule is O=C(O)C1CCCCN1C(=O)c1cc2sc(N3CCCC3)nc2s1. The summed E-state index contributed by atoms with van der Waals surface area (Å²) in [6, 6.07) is 1.19. The summed E-state index contributed by atoms with van der Waals surface area (Å²) in [7, 11) is 0. The highest BCUT2D eigenvalue weighted by Gasteiger charge is 2.33. The number of hydrogen-bond acceptors (Lipinski definition) is 6. The second kappa shape index (κ2) is 6.33. The fourth-order valence-corrected chi connectivity index (χ4v) is 5.66. The number of aliphatic carboxylic acids is 1. The van der Waals surface area contributed by atoms with Crippen LogP contribution >= 0.6 is 22.7 Å². The fraction of sp³-hybridized carbons (Fsp3) is 0.562. The standard InChI is InChI=1S/C16H19N3O3S2/c20-14(19-8-2-1-5-10(19)15(21)22)12-9-11-13(23-12)17-16(24-11)18-6-3-4-7-18/h9-10H,1-8H2,(H,21,22). The van der Waals surface area contributed by atoms with Gasteiger partial charge in [-0.2, -0.15) is 0 Å². The Labute approximate surface area is 147 Å². The van der Waals surface area contributed by atoms with Gasteiger partial charge in [0.05, 0.1) is 9.58 Å². The Kier molecular flexibility index (Phi) is 4.17. The quantitative estimate of drug-likeness (QED) is 0.905. The maximum absolute atomic E-state index is 12.8. The first-order valence-electron chi connectivity index (χ1n) is 8.32. The molecule has 2 aliphatic heterocycles. The monoisotopic (exact) mass is 365 g/mol. The third-order valence-electron chi connectivity index (χ3n) is 4.71. The van der Waals surface area contributed by atoms with E-state index in [1.165, 1.54) is 29.1 Å². The van der Waals surface area contributed by atoms with Gasteiger partial charge < -0.3 is 14.9 Å². The van der Waals surface area contributed by atoms with Crippen LogP contribution in [0.15, 0.2) is 6.07 Å². The van der Waals surface area contributed by atoms with Gasteiger partial charge in [0.15, 0.2) is 5.13 Å². The number of anilines is 1. The minimum atomic E-state index is -0.907. The number of piperidine rings is 1. The summed E-state index contributed by atoms with van der Waals surface area (Å²) in [5.74, 6) is -1.07. The number of carboxylic acids is 1. The van der Waals surface area contributed by atoms with Gasteiger partial charge in [0.25, 0.3) is 5.91 Å². The van der Waals surface area contributed by atoms with Gasteiger partial charge in [-0.15, -0.1) is 11.3 Å². The van der Waals surface area contributed by atoms with Crippen LogP contribution in [0, 0.1) is 0 Å². The Bertz CT molecular complexity index is 747. The number of thiophene rings is 1. The molecule has 8 heteroatoms. The smallest absolute Gasteiger partial charge is 0.326 e. The van der Waals surface area contributed by atoms with E-state index in [1.54, 1.807) is 11.3 Å². The predicted molar refractivity (Wildman–Crippen MR) is 95.3 cm³/mol. The summed E-state index contributed by atoms with van der Waals surface area (Å²) >= 11 is 3.01. The van der Waals surface area contributed by atoms with Crippen LogP contribution in [0.1, 0.15) is 41.8 Å². The van der Waals surface area contributed by atoms with Gasteiger partial charge in [0.1, 0.15) is 10.9 Å². The lowest BCUT2D eigenvalue weighted by Crippen LogP contribution is -2.47. The molecular weight excluding hydrogens is 346 g/mol. The lowest BCUT2D eigenvalue weighted by atomic mass is 10.0. The topological polar surface area (TPSA) is 73.7 Å². The molecule has 1 unspecified atom stereocenters. The third kappa shape index (κ3) is 2.77. The molecule has 1 atom stereocenters. The largest absolute Gasteiger partial charge is 0.480 e. The lowest BCUT2D eigenvalue weighted by molar-refractivity contribution is -0.143. The van der Waals surface area contributed by atoms with Crippen LogP contribution in [-0.2, 0) is 4.79 Å². The molecule has 0 bridgehead atoms. The Balaban J connectivity index is 1.57. The van der Waals surface area contributed by atoms with Gasteiger partial charge in [0.2, 0.25) is 0 Å². The molecule has 2 aromatic rings. The summed E-state index contributed by atoms with van der Waals surface area (Å²) < 4.78 is 1.02. The van der Waals surface area contributed by atoms with Crippen LogP contribution in [0.3, 0.4) is 0 Å². The van der Waals surface area contributed by atoms with E-state index in [0.717, 1.165) is 40.6 Å². The summed E-state index contributed by atoms with van der Waals surface area (Å²) in [6.45, 7) is 2.63. The first-order chi connectivity index (χ1) is 11.6. The molecule has 2 aliphatic rings. The number of likely N-dealkylation sites (tertiary alicyclic amines) is 1. The number of aromatic nitrogens is 1. The van der Waals surface area contributed by atoms with E-state index in [1.807, 2.05) is 6.07 Å². The average molecular weight is 365 g/mol. The van der Waals surface area contributed by atoms with E-state index in [4.69, 9.17) is 0 Å². The van der Waals surface area contributed by atoms with E-state index >= 15 is 0 Å². The number of hydrogen-bond donors (Lipinski definition) is 1. The maximum Gasteiger partial charge on any atom is 0.326 e. The molecule has 24 heavy (non-hydrogen) atoms. The first-order valence-corrected chi connectivity index (χ1v) is 9.96. The molecule has 2 saturated heterocycles. The molecule has 6 nitrogen and oxygen atoms in total. The molecule has 2 fully saturated rings. The molecule has 128 valence electrons. The van der Waals surface area contributed by atoms with Gasteiger partial charge in [-0.05, 0) is 38.2 Å². The average Bonchev–Trinajstić information content (AvgIpc) is 3.29. The molecule has 0 saturated carbocycles. The molecule has 1 N–H and O–H groups in total. The van der Waals surface area contributed by atoms with Crippen molar-refractivity contribution in [3.63, 3.8) is 0 Å². The number of rotatable bonds is 3. The third-order valence-corrected chi connectivity index (χ3v) is 6.92. The van der Waals surface area contributed by atoms with Crippen LogP contribution in [0.2, 0.25) is 0 Å². The van der Waals surface area contributed by atoms with E-state index in [0.29, 0.717) is 17.8 Å². The van der Waals surface area contributed by atoms with Crippen molar-refractivity contribution in [1.82, 2.24) is 9.88 Å². The van der Waals surface area contributed by atoms with Gasteiger partial charge in [-0.25, -0.2) is 9.78 Å². The molecule has 0 radical (unpaired) electrons. The van der Waals surface area contributed by atoms with Crippen LogP contribution in [-0.4, -0.2) is 52.5 Å². The second-order valence-corrected chi connectivity index (χ2v) is 8.36. The summed E-state index contributed by atoms with van der Waals surface area (Å²) in [5.41, 5.74) is 0. The number of carboxylic acid groups (broad SMARTS) is 1. The fourth-order valence-electron chi connectivity index (χ4n) is 3.45. The van der Waals surface area contributed by atoms with E-state index in [9.17, 15) is 14.7 Å². The molecule has 4 heterocycles. The summed E-state index contributed by atoms with van der Waals surface area (Å²) in [6.07, 6.45) is 4.69. The van der Waals surface area contributed by atoms with Crippen molar-refractivity contribution in [2.24, 2.45) is 0 Å². The molecule has 0 aliphatic carbocycles. The number of amides is 1. The number of fused-ring (bicyclic) bond motifs is 1. The van der Waals surface area contributed by atoms with Crippen LogP contribution in [0.4, 0.5) is 5.13 Å². The van der Waals surface area contributed by atoms with E-state index in [-0.39, 0.29) is 5.91 Å². The van der Waals surface area contributed by atoms with Crippen molar-refractivity contribution < 1.29 is 14.7 Å². The number of thiazole rings is 1. The highest BCUT2D eigenvalue weighted by atomic mass is 32.1. The Morgan fingerprint density at radius 2 is 1.88 bits per heavy atom. The van der Waals surface area contributed by atoms with Gasteiger partial charge >= 0.3 is 5.97 Å². The summed E-state index contributed by atoms with van der Waals surface area (Å²) in [5, 5.41) is 10.4. The van der Waals surface area contributed by atoms with Gasteiger partial charge in [0, 0.05) is 19.6 Å². The first kappa shape index (κ1) is 15.8. The van der Waals surface area contributed by atoms with E-state index < -0.39 is 12.0 Å². The van der Waals surface area contributed by atoms with Crippen LogP contribution in [0.25, 0.3) is 9.53 Å². The predicted octanol–water partition coefficient (Wildman–Crippen LogP) is 3.04. The molecular formula is C16H19N3O3S2. The normalized spacial score (nSPS) is 21.6. The molecule has 4 rings (SSSR count). The van der Waals surface area contributed by atoms with Gasteiger partial charge in [-0.1, -0.05) is 11.3 Å². The Hall–Kier alpha value is -1.67. The van der Waals surface area contributed by atoms with Crippen molar-refractivity contribution in [1.29, 1.82) is 0 Å². The highest BCUT2D eigenvalue weighted by Crippen LogP contribution is 2.36. The molecule has 1 amide bonds. The zero-order valence-corrected chi connectivity index (χ0v) is 14.9. The van der Waals surface area contributed by atoms with Crippen molar-refractivity contribution in [2.75, 3.05) is 24.5 Å². The second-order valence-electron chi connectivity index (χ2n) is 6.32. The Morgan fingerprint density at radius 3 is 2.58 bits per heavy atom. The van der Waals surface area contributed by atoms with Crippen LogP contribution < -0.4 is 4.90 Å². The van der Waals surface area contributed by atoms with Crippen molar-refractivity contribution in [3.05, 3.63) is 10.9 Å². The zero-order chi connectivity index (χ0) is 16.7. The van der Waals surface area contributed by atoms with E-state index in [2.05, 4.69) is 9.88 Å². The van der Waals surface area contributed by atoms with Crippen molar-refractivity contribution >= 4 is 49.2 Å². The van der Waals surface area contributed by atoms with Crippen molar-refractivity contribution in [3.8, 4) is 0 Å². The lowest BCUT2D eigenvalue weighted by Gasteiger charge is -2.32. The van der Waals surface area contributed by atoms with Gasteiger partial charge in [-0.3, -0.25) is 4.79 Å². The van der Waals surface area contributed by atoms with Crippen molar-refractivity contribution in [2.45, 2.75) is 38.1 Å². The molecule has 0 aromatic carbocycles. The number of nitrogens with zero attached hydrogens (tertiary/aromatic N) is 3. The molecule has 0 spiro atoms. The maximum atomic E-state index is 12.8. The van der Waals surface area contributed by atoms with Crippen LogP contribution in [0.5, 0.6) is 0 Å². The highest BCUT2D eigenvalue weighted by molar-refractivity contribution is 7.29. The minimum absolute atomic E-state index is 0.167. The molecule has 2 aromatic heterocycles.